The molecule has 0 aromatic heterocycles. The molecule has 0 spiro atoms. The van der Waals surface area contributed by atoms with E-state index in [-0.39, 0.29) is 56.4 Å². The maximum absolute atomic E-state index is 8.56. The van der Waals surface area contributed by atoms with Gasteiger partial charge in [-0.2, -0.15) is 0 Å². The maximum atomic E-state index is 8.56. The van der Waals surface area contributed by atoms with Gasteiger partial charge in [0.15, 0.2) is 0 Å². The molecule has 7 heavy (non-hydrogen) atoms. The van der Waals surface area contributed by atoms with E-state index in [4.69, 9.17) is 15.0 Å². The van der Waals surface area contributed by atoms with Gasteiger partial charge in [0.1, 0.15) is 0 Å². The van der Waals surface area contributed by atoms with Gasteiger partial charge in [-0.05, 0) is 0 Å². The van der Waals surface area contributed by atoms with Crippen molar-refractivity contribution in [2.45, 2.75) is 0 Å². The van der Waals surface area contributed by atoms with E-state index < -0.39 is 6.16 Å². The second-order valence-corrected chi connectivity index (χ2v) is 0.283. The summed E-state index contributed by atoms with van der Waals surface area (Å²) in [5, 5.41) is 13.9. The van der Waals surface area contributed by atoms with Crippen molar-refractivity contribution in [3.05, 3.63) is 0 Å². The molecule has 0 unspecified atom stereocenters. The van der Waals surface area contributed by atoms with Crippen LogP contribution in [0.2, 0.25) is 0 Å². The van der Waals surface area contributed by atoms with Gasteiger partial charge >= 0.3 is 51.6 Å². The van der Waals surface area contributed by atoms with E-state index in [1.54, 1.807) is 0 Å². The Bertz CT molecular complexity index is 31.1. The fourth-order valence-electron chi connectivity index (χ4n) is 0. The second kappa shape index (κ2) is 15.9. The van der Waals surface area contributed by atoms with Gasteiger partial charge in [0.2, 0.25) is 0 Å². The molecule has 0 atom stereocenters. The number of hydrogen-bond donors (Lipinski definition) is 2. The molecule has 0 amide bonds. The number of carbonyl (C=O) groups is 1. The second-order valence-electron chi connectivity index (χ2n) is 0.283. The van der Waals surface area contributed by atoms with Gasteiger partial charge < -0.3 is 21.2 Å². The monoisotopic (exact) mass is 188 g/mol. The van der Waals surface area contributed by atoms with Gasteiger partial charge in [0, 0.05) is 0 Å². The summed E-state index contributed by atoms with van der Waals surface area (Å²) in [6.45, 7) is 0. The molecule has 0 aliphatic carbocycles. The van der Waals surface area contributed by atoms with E-state index in [2.05, 4.69) is 0 Å². The first-order valence-electron chi connectivity index (χ1n) is 0.651. The SMILES string of the molecule is O.O.O=C(O)O.[SrH2]. The number of rotatable bonds is 0. The summed E-state index contributed by atoms with van der Waals surface area (Å²) in [5.74, 6) is 0. The van der Waals surface area contributed by atoms with Crippen molar-refractivity contribution in [3.8, 4) is 0 Å². The first kappa shape index (κ1) is 25.3. The van der Waals surface area contributed by atoms with Gasteiger partial charge in [0.05, 0.1) is 0 Å². The van der Waals surface area contributed by atoms with Crippen LogP contribution in [0.4, 0.5) is 4.79 Å². The summed E-state index contributed by atoms with van der Waals surface area (Å²) in [7, 11) is 0. The van der Waals surface area contributed by atoms with E-state index in [0.29, 0.717) is 0 Å². The number of hydrogen-bond acceptors (Lipinski definition) is 1. The third-order valence-electron chi connectivity index (χ3n) is 0. The Morgan fingerprint density at radius 3 is 1.14 bits per heavy atom. The average molecular weight is 188 g/mol. The van der Waals surface area contributed by atoms with Crippen molar-refractivity contribution in [2.75, 3.05) is 0 Å². The molecule has 0 radical (unpaired) electrons. The summed E-state index contributed by atoms with van der Waals surface area (Å²) in [6, 6.07) is 0. The first-order valence-corrected chi connectivity index (χ1v) is 0.651. The van der Waals surface area contributed by atoms with Crippen LogP contribution in [0.25, 0.3) is 0 Å². The van der Waals surface area contributed by atoms with E-state index in [9.17, 15) is 0 Å². The molecule has 0 aromatic rings. The molecule has 6 heteroatoms. The van der Waals surface area contributed by atoms with Gasteiger partial charge in [-0.15, -0.1) is 0 Å². The zero-order valence-electron chi connectivity index (χ0n) is 2.80. The van der Waals surface area contributed by atoms with Gasteiger partial charge in [-0.25, -0.2) is 4.79 Å². The molecule has 0 aliphatic heterocycles. The molecule has 0 aliphatic rings. The molecule has 0 fully saturated rings. The zero-order valence-corrected chi connectivity index (χ0v) is 2.80. The van der Waals surface area contributed by atoms with Crippen LogP contribution in [0.15, 0.2) is 0 Å². The van der Waals surface area contributed by atoms with Crippen LogP contribution in [0.3, 0.4) is 0 Å². The van der Waals surface area contributed by atoms with Crippen molar-refractivity contribution in [3.63, 3.8) is 0 Å². The van der Waals surface area contributed by atoms with Crippen molar-refractivity contribution < 1.29 is 26.0 Å². The van der Waals surface area contributed by atoms with E-state index in [1.807, 2.05) is 0 Å². The molecule has 0 aromatic carbocycles. The standard InChI is InChI=1S/CH2O3.2H2O.Sr.2H/c2-1(3)4;;;;;/h(H2,2,3,4);2*1H2;;;. The van der Waals surface area contributed by atoms with Crippen LogP contribution >= 0.6 is 0 Å². The summed E-state index contributed by atoms with van der Waals surface area (Å²) < 4.78 is 0. The van der Waals surface area contributed by atoms with Crippen molar-refractivity contribution in [2.24, 2.45) is 0 Å². The predicted molar refractivity (Wildman–Crippen MR) is 26.4 cm³/mol. The third-order valence-corrected chi connectivity index (χ3v) is 0. The third kappa shape index (κ3) is 324. The van der Waals surface area contributed by atoms with Crippen molar-refractivity contribution >= 4 is 51.6 Å². The Kier molecular flexibility index (Phi) is 57.6. The Labute approximate surface area is 76.8 Å². The molecule has 0 saturated heterocycles. The molecule has 44 valence electrons. The van der Waals surface area contributed by atoms with Crippen LogP contribution in [0, 0.1) is 0 Å². The van der Waals surface area contributed by atoms with E-state index >= 15 is 0 Å². The fraction of sp³-hybridized carbons (Fsp3) is 0. The Hall–Kier alpha value is 0.671. The van der Waals surface area contributed by atoms with Crippen LogP contribution < -0.4 is 0 Å². The molecule has 0 bridgehead atoms. The van der Waals surface area contributed by atoms with Gasteiger partial charge in [0.25, 0.3) is 0 Å². The molecule has 0 rings (SSSR count). The van der Waals surface area contributed by atoms with E-state index in [1.165, 1.54) is 0 Å². The minimum absolute atomic E-state index is 0. The van der Waals surface area contributed by atoms with Crippen molar-refractivity contribution in [1.82, 2.24) is 0 Å². The molecule has 5 nitrogen and oxygen atoms in total. The summed E-state index contributed by atoms with van der Waals surface area (Å²) in [5.41, 5.74) is 0. The molecular weight excluding hydrogens is 180 g/mol. The Morgan fingerprint density at radius 1 is 1.14 bits per heavy atom. The molecular formula is CH8O5Sr. The topological polar surface area (TPSA) is 121 Å². The van der Waals surface area contributed by atoms with E-state index in [0.717, 1.165) is 0 Å². The van der Waals surface area contributed by atoms with Crippen LogP contribution in [0.1, 0.15) is 0 Å². The predicted octanol–water partition coefficient (Wildman–Crippen LogP) is -2.34. The molecule has 0 saturated carbocycles. The minimum atomic E-state index is -1.83. The summed E-state index contributed by atoms with van der Waals surface area (Å²) in [4.78, 5) is 8.56. The molecule has 0 heterocycles. The van der Waals surface area contributed by atoms with Crippen LogP contribution in [-0.2, 0) is 0 Å². The zero-order chi connectivity index (χ0) is 3.58. The Balaban J connectivity index is -0.0000000150. The average Bonchev–Trinajstić information content (AvgIpc) is 0.811. The summed E-state index contributed by atoms with van der Waals surface area (Å²) >= 11 is 0. The quantitative estimate of drug-likeness (QED) is 0.413. The van der Waals surface area contributed by atoms with Gasteiger partial charge in [-0.3, -0.25) is 0 Å². The summed E-state index contributed by atoms with van der Waals surface area (Å²) in [6.07, 6.45) is -1.83. The Morgan fingerprint density at radius 2 is 1.14 bits per heavy atom. The van der Waals surface area contributed by atoms with Crippen molar-refractivity contribution in [1.29, 1.82) is 0 Å². The normalized spacial score (nSPS) is 3.43. The number of carboxylic acid groups (broad SMARTS) is 2. The fourth-order valence-corrected chi connectivity index (χ4v) is 0. The van der Waals surface area contributed by atoms with Gasteiger partial charge in [-0.1, -0.05) is 0 Å². The van der Waals surface area contributed by atoms with Crippen LogP contribution in [-0.4, -0.2) is 72.8 Å². The van der Waals surface area contributed by atoms with Crippen LogP contribution in [0.5, 0.6) is 0 Å². The first-order chi connectivity index (χ1) is 1.73. The molecule has 6 N–H and O–H groups in total.